The minimum absolute atomic E-state index is 0. The Morgan fingerprint density at radius 1 is 0.667 bits per heavy atom. The van der Waals surface area contributed by atoms with Crippen LogP contribution in [0.15, 0.2) is 0 Å². The molecule has 0 bridgehead atoms. The zero-order valence-electron chi connectivity index (χ0n) is 11.6. The van der Waals surface area contributed by atoms with E-state index in [-0.39, 0.29) is 88.9 Å². The van der Waals surface area contributed by atoms with Crippen LogP contribution >= 0.6 is 0 Å². The zero-order chi connectivity index (χ0) is 6.08. The third-order valence-corrected chi connectivity index (χ3v) is 0.775. The van der Waals surface area contributed by atoms with Gasteiger partial charge >= 0.3 is 39.0 Å². The van der Waals surface area contributed by atoms with E-state index in [2.05, 4.69) is 0 Å². The van der Waals surface area contributed by atoms with Crippen LogP contribution in [0.1, 0.15) is 20.8 Å². The van der Waals surface area contributed by atoms with Crippen LogP contribution in [0.3, 0.4) is 0 Å². The van der Waals surface area contributed by atoms with Gasteiger partial charge in [0, 0.05) is 5.41 Å². The summed E-state index contributed by atoms with van der Waals surface area (Å²) in [4.78, 5) is 0. The average molecular weight is 400 g/mol. The summed E-state index contributed by atoms with van der Waals surface area (Å²) in [6, 6.07) is 0. The van der Waals surface area contributed by atoms with Gasteiger partial charge in [-0.05, 0) is 0 Å². The van der Waals surface area contributed by atoms with Crippen LogP contribution < -0.4 is 0 Å². The fourth-order valence-electron chi connectivity index (χ4n) is 0. The van der Waals surface area contributed by atoms with Crippen LogP contribution in [0.25, 0.3) is 0 Å². The fourth-order valence-corrected chi connectivity index (χ4v) is 0. The molecule has 0 aromatic heterocycles. The first-order valence-corrected chi connectivity index (χ1v) is 2.31. The molecular weight excluding hydrogens is 370 g/mol. The van der Waals surface area contributed by atoms with Gasteiger partial charge in [0.25, 0.3) is 0 Å². The third-order valence-electron chi connectivity index (χ3n) is 0.775. The summed E-state index contributed by atoms with van der Waals surface area (Å²) >= 11 is 0. The molecule has 0 amide bonds. The van der Waals surface area contributed by atoms with E-state index < -0.39 is 6.29 Å². The molecule has 2 N–H and O–H groups in total. The van der Waals surface area contributed by atoms with Crippen LogP contribution in [0, 0.1) is 50.0 Å². The molecule has 4 heteroatoms. The van der Waals surface area contributed by atoms with Crippen molar-refractivity contribution in [3.05, 3.63) is 44.6 Å². The van der Waals surface area contributed by atoms with E-state index in [1.54, 1.807) is 20.8 Å². The van der Waals surface area contributed by atoms with E-state index in [1.165, 1.54) is 0 Å². The Labute approximate surface area is 126 Å². The Morgan fingerprint density at radius 2 is 0.733 bits per heavy atom. The number of hydrogen-bond acceptors (Lipinski definition) is 2. The molecule has 0 saturated carbocycles. The van der Waals surface area contributed by atoms with Gasteiger partial charge in [0.15, 0.2) is 6.29 Å². The van der Waals surface area contributed by atoms with Crippen molar-refractivity contribution in [2.24, 2.45) is 5.41 Å². The van der Waals surface area contributed by atoms with Gasteiger partial charge in [0.1, 0.15) is 0 Å². The molecule has 0 radical (unpaired) electrons. The second kappa shape index (κ2) is 29.4. The minimum atomic E-state index is -1.20. The summed E-state index contributed by atoms with van der Waals surface area (Å²) < 4.78 is 0. The van der Waals surface area contributed by atoms with Crippen molar-refractivity contribution < 1.29 is 49.2 Å². The van der Waals surface area contributed by atoms with Crippen molar-refractivity contribution in [2.75, 3.05) is 0 Å². The van der Waals surface area contributed by atoms with Crippen LogP contribution in [-0.4, -0.2) is 16.5 Å². The molecule has 0 unspecified atom stereocenters. The predicted octanol–water partition coefficient (Wildman–Crippen LogP) is 3.04. The molecule has 0 aromatic rings. The van der Waals surface area contributed by atoms with E-state index in [0.717, 1.165) is 0 Å². The SMILES string of the molecule is CC(C)(C)C(O)O.[CH3-].[CH3-].[CH3-].[CH3-].[CH3-].[CH3-].[Rh+3].[Rh+3]. The maximum atomic E-state index is 8.44. The van der Waals surface area contributed by atoms with Gasteiger partial charge in [0.2, 0.25) is 0 Å². The predicted molar refractivity (Wildman–Crippen MR) is 66.2 cm³/mol. The van der Waals surface area contributed by atoms with Crippen molar-refractivity contribution in [2.45, 2.75) is 27.1 Å². The zero-order valence-corrected chi connectivity index (χ0v) is 14.9. The van der Waals surface area contributed by atoms with Gasteiger partial charge in [-0.1, -0.05) is 20.8 Å². The standard InChI is InChI=1S/C5H12O2.6CH3.2Rh/c1-5(2,3)4(6)7;;;;;;;;/h4,6-7H,1-3H3;6*1H3;;/q;6*-1;2*+3. The fraction of sp³-hybridized carbons (Fsp3) is 0.455. The van der Waals surface area contributed by atoms with E-state index in [0.29, 0.717) is 0 Å². The van der Waals surface area contributed by atoms with Crippen molar-refractivity contribution in [1.82, 2.24) is 0 Å². The van der Waals surface area contributed by atoms with Crippen LogP contribution in [0.2, 0.25) is 0 Å². The summed E-state index contributed by atoms with van der Waals surface area (Å²) in [5.41, 5.74) is -0.389. The number of aliphatic hydroxyl groups is 2. The molecule has 0 aliphatic rings. The summed E-state index contributed by atoms with van der Waals surface area (Å²) in [7, 11) is 0. The smallest absolute Gasteiger partial charge is 0.368 e. The maximum Gasteiger partial charge on any atom is 3.00 e. The molecule has 104 valence electrons. The van der Waals surface area contributed by atoms with Crippen molar-refractivity contribution in [3.8, 4) is 0 Å². The minimum Gasteiger partial charge on any atom is -0.368 e. The molecule has 0 spiro atoms. The summed E-state index contributed by atoms with van der Waals surface area (Å²) in [5.74, 6) is 0. The topological polar surface area (TPSA) is 40.5 Å². The summed E-state index contributed by atoms with van der Waals surface area (Å²) in [6.45, 7) is 5.28. The first-order valence-electron chi connectivity index (χ1n) is 2.31. The Bertz CT molecular complexity index is 62.1. The summed E-state index contributed by atoms with van der Waals surface area (Å²) in [5, 5.41) is 16.9. The van der Waals surface area contributed by atoms with Crippen molar-refractivity contribution >= 4 is 0 Å². The molecule has 2 nitrogen and oxygen atoms in total. The molecule has 0 saturated heterocycles. The number of aliphatic hydroxyl groups excluding tert-OH is 1. The number of hydrogen-bond donors (Lipinski definition) is 2. The van der Waals surface area contributed by atoms with Gasteiger partial charge in [-0.15, -0.1) is 0 Å². The van der Waals surface area contributed by atoms with Crippen LogP contribution in [0.4, 0.5) is 0 Å². The molecule has 0 atom stereocenters. The van der Waals surface area contributed by atoms with E-state index >= 15 is 0 Å². The van der Waals surface area contributed by atoms with Gasteiger partial charge < -0.3 is 54.8 Å². The van der Waals surface area contributed by atoms with Crippen molar-refractivity contribution in [3.63, 3.8) is 0 Å². The van der Waals surface area contributed by atoms with Crippen LogP contribution in [-0.2, 0) is 39.0 Å². The normalized spacial score (nSPS) is 6.00. The van der Waals surface area contributed by atoms with Crippen molar-refractivity contribution in [1.29, 1.82) is 0 Å². The van der Waals surface area contributed by atoms with Gasteiger partial charge in [0.05, 0.1) is 0 Å². The quantitative estimate of drug-likeness (QED) is 0.373. The average Bonchev–Trinajstić information content (AvgIpc) is 1.31. The largest absolute Gasteiger partial charge is 3.00 e. The van der Waals surface area contributed by atoms with E-state index in [4.69, 9.17) is 10.2 Å². The second-order valence-corrected chi connectivity index (χ2v) is 2.74. The van der Waals surface area contributed by atoms with Gasteiger partial charge in [-0.3, -0.25) is 0 Å². The van der Waals surface area contributed by atoms with E-state index in [1.807, 2.05) is 0 Å². The van der Waals surface area contributed by atoms with Gasteiger partial charge in [-0.2, -0.15) is 0 Å². The van der Waals surface area contributed by atoms with Gasteiger partial charge in [-0.25, -0.2) is 0 Å². The molecule has 0 aliphatic heterocycles. The molecule has 0 fully saturated rings. The molecule has 0 rings (SSSR count). The Kier molecular flexibility index (Phi) is 142. The molecular formula is C11H30O2Rh2. The molecule has 0 aromatic carbocycles. The first-order chi connectivity index (χ1) is 2.94. The molecule has 0 heterocycles. The maximum absolute atomic E-state index is 8.44. The molecule has 15 heavy (non-hydrogen) atoms. The second-order valence-electron chi connectivity index (χ2n) is 2.74. The third kappa shape index (κ3) is 51.2. The Hall–Kier alpha value is 1.17. The monoisotopic (exact) mass is 400 g/mol. The summed E-state index contributed by atoms with van der Waals surface area (Å²) in [6.07, 6.45) is -1.20. The van der Waals surface area contributed by atoms with Crippen LogP contribution in [0.5, 0.6) is 0 Å². The Morgan fingerprint density at radius 3 is 0.733 bits per heavy atom. The molecule has 0 aliphatic carbocycles. The first kappa shape index (κ1) is 72.4. The Balaban J connectivity index is -0.00000000643. The van der Waals surface area contributed by atoms with E-state index in [9.17, 15) is 0 Å². The number of rotatable bonds is 0.